The number of anilines is 1. The second-order valence-corrected chi connectivity index (χ2v) is 8.67. The maximum atomic E-state index is 14.1. The van der Waals surface area contributed by atoms with Crippen molar-refractivity contribution in [3.63, 3.8) is 0 Å². The SMILES string of the molecule is [C-]#[N+]c1ncc(NC(=O)C(C)(O)CS(=O)(=O)c2ccc(C(=O)NC)c(F)c2)cc1C. The number of nitrogens with one attached hydrogen (secondary N) is 2. The Balaban J connectivity index is 2.23. The van der Waals surface area contributed by atoms with Gasteiger partial charge in [0, 0.05) is 7.05 Å². The quantitative estimate of drug-likeness (QED) is 0.592. The Morgan fingerprint density at radius 1 is 1.33 bits per heavy atom. The summed E-state index contributed by atoms with van der Waals surface area (Å²) in [4.78, 5) is 30.5. The molecular weight excluding hydrogens is 415 g/mol. The van der Waals surface area contributed by atoms with Crippen LogP contribution in [0.4, 0.5) is 15.9 Å². The van der Waals surface area contributed by atoms with Crippen LogP contribution < -0.4 is 10.6 Å². The molecule has 0 saturated heterocycles. The first-order chi connectivity index (χ1) is 13.9. The number of halogens is 1. The van der Waals surface area contributed by atoms with E-state index in [0.29, 0.717) is 11.6 Å². The second-order valence-electron chi connectivity index (χ2n) is 6.68. The fourth-order valence-corrected chi connectivity index (χ4v) is 4.14. The molecular formula is C19H19FN4O5S. The molecule has 2 rings (SSSR count). The number of carbonyl (C=O) groups excluding carboxylic acids is 2. The molecule has 11 heteroatoms. The van der Waals surface area contributed by atoms with Gasteiger partial charge in [0.25, 0.3) is 17.6 Å². The molecule has 0 radical (unpaired) electrons. The fraction of sp³-hybridized carbons (Fsp3) is 0.263. The Labute approximate surface area is 172 Å². The van der Waals surface area contributed by atoms with E-state index in [9.17, 15) is 27.5 Å². The lowest BCUT2D eigenvalue weighted by Crippen LogP contribution is -2.45. The Bertz CT molecular complexity index is 1160. The maximum Gasteiger partial charge on any atom is 0.272 e. The number of rotatable bonds is 6. The number of pyridine rings is 1. The van der Waals surface area contributed by atoms with Crippen molar-refractivity contribution in [3.05, 3.63) is 58.8 Å². The molecule has 0 saturated carbocycles. The molecule has 1 unspecified atom stereocenters. The summed E-state index contributed by atoms with van der Waals surface area (Å²) in [5.74, 6) is -3.69. The number of aryl methyl sites for hydroxylation is 1. The number of aliphatic hydroxyl groups is 1. The highest BCUT2D eigenvalue weighted by atomic mass is 32.2. The van der Waals surface area contributed by atoms with Crippen molar-refractivity contribution in [1.29, 1.82) is 0 Å². The third kappa shape index (κ3) is 4.97. The summed E-state index contributed by atoms with van der Waals surface area (Å²) in [5, 5.41) is 15.0. The minimum absolute atomic E-state index is 0.143. The molecule has 158 valence electrons. The van der Waals surface area contributed by atoms with E-state index in [2.05, 4.69) is 20.5 Å². The number of hydrogen-bond donors (Lipinski definition) is 3. The van der Waals surface area contributed by atoms with Crippen LogP contribution >= 0.6 is 0 Å². The van der Waals surface area contributed by atoms with Crippen LogP contribution in [0.1, 0.15) is 22.8 Å². The first-order valence-corrected chi connectivity index (χ1v) is 10.2. The van der Waals surface area contributed by atoms with Crippen LogP contribution in [-0.4, -0.2) is 48.7 Å². The molecule has 9 nitrogen and oxygen atoms in total. The maximum absolute atomic E-state index is 14.1. The number of sulfone groups is 1. The molecule has 0 bridgehead atoms. The molecule has 1 heterocycles. The lowest BCUT2D eigenvalue weighted by Gasteiger charge is -2.22. The van der Waals surface area contributed by atoms with E-state index in [1.807, 2.05) is 0 Å². The lowest BCUT2D eigenvalue weighted by molar-refractivity contribution is -0.130. The van der Waals surface area contributed by atoms with Gasteiger partial charge in [-0.25, -0.2) is 12.8 Å². The number of amides is 2. The molecule has 1 atom stereocenters. The van der Waals surface area contributed by atoms with Crippen LogP contribution in [0.15, 0.2) is 35.4 Å². The summed E-state index contributed by atoms with van der Waals surface area (Å²) in [7, 11) is -2.98. The van der Waals surface area contributed by atoms with Crippen molar-refractivity contribution < 1.29 is 27.5 Å². The third-order valence-corrected chi connectivity index (χ3v) is 6.06. The first kappa shape index (κ1) is 22.9. The summed E-state index contributed by atoms with van der Waals surface area (Å²) in [6, 6.07) is 4.14. The Kier molecular flexibility index (Phi) is 6.54. The Morgan fingerprint density at radius 3 is 2.53 bits per heavy atom. The van der Waals surface area contributed by atoms with E-state index >= 15 is 0 Å². The molecule has 0 spiro atoms. The largest absolute Gasteiger partial charge is 0.379 e. The van der Waals surface area contributed by atoms with Crippen molar-refractivity contribution in [2.45, 2.75) is 24.3 Å². The number of nitrogens with zero attached hydrogens (tertiary/aromatic N) is 2. The predicted molar refractivity (Wildman–Crippen MR) is 106 cm³/mol. The first-order valence-electron chi connectivity index (χ1n) is 8.53. The summed E-state index contributed by atoms with van der Waals surface area (Å²) >= 11 is 0. The third-order valence-electron chi connectivity index (χ3n) is 4.15. The van der Waals surface area contributed by atoms with Crippen molar-refractivity contribution in [3.8, 4) is 0 Å². The Morgan fingerprint density at radius 2 is 2.00 bits per heavy atom. The molecule has 2 aromatic rings. The lowest BCUT2D eigenvalue weighted by atomic mass is 10.1. The smallest absolute Gasteiger partial charge is 0.272 e. The van der Waals surface area contributed by atoms with Gasteiger partial charge in [-0.15, -0.1) is 4.98 Å². The van der Waals surface area contributed by atoms with Gasteiger partial charge < -0.3 is 20.6 Å². The van der Waals surface area contributed by atoms with E-state index in [-0.39, 0.29) is 17.1 Å². The van der Waals surface area contributed by atoms with Crippen molar-refractivity contribution in [1.82, 2.24) is 10.3 Å². The second kappa shape index (κ2) is 8.56. The van der Waals surface area contributed by atoms with Crippen LogP contribution in [0.5, 0.6) is 0 Å². The summed E-state index contributed by atoms with van der Waals surface area (Å²) < 4.78 is 39.3. The van der Waals surface area contributed by atoms with E-state index in [1.165, 1.54) is 19.3 Å². The van der Waals surface area contributed by atoms with E-state index in [0.717, 1.165) is 19.1 Å². The number of benzene rings is 1. The van der Waals surface area contributed by atoms with Gasteiger partial charge >= 0.3 is 0 Å². The highest BCUT2D eigenvalue weighted by Crippen LogP contribution is 2.23. The zero-order chi connectivity index (χ0) is 22.7. The van der Waals surface area contributed by atoms with E-state index in [1.54, 1.807) is 6.92 Å². The normalized spacial score (nSPS) is 13.1. The monoisotopic (exact) mass is 434 g/mol. The van der Waals surface area contributed by atoms with Gasteiger partial charge in [-0.05, 0) is 43.7 Å². The summed E-state index contributed by atoms with van der Waals surface area (Å²) in [5.41, 5.74) is -2.04. The number of carbonyl (C=O) groups is 2. The minimum atomic E-state index is -4.28. The zero-order valence-electron chi connectivity index (χ0n) is 16.4. The molecule has 3 N–H and O–H groups in total. The number of hydrogen-bond acceptors (Lipinski definition) is 6. The van der Waals surface area contributed by atoms with Crippen molar-refractivity contribution >= 4 is 33.2 Å². The molecule has 1 aromatic heterocycles. The molecule has 30 heavy (non-hydrogen) atoms. The molecule has 2 amide bonds. The highest BCUT2D eigenvalue weighted by molar-refractivity contribution is 7.91. The van der Waals surface area contributed by atoms with Gasteiger partial charge in [-0.3, -0.25) is 9.59 Å². The molecule has 0 aliphatic rings. The topological polar surface area (TPSA) is 130 Å². The van der Waals surface area contributed by atoms with Crippen LogP contribution in [0, 0.1) is 19.3 Å². The van der Waals surface area contributed by atoms with Crippen LogP contribution in [0.3, 0.4) is 0 Å². The summed E-state index contributed by atoms with van der Waals surface area (Å²) in [6.07, 6.45) is 1.20. The zero-order valence-corrected chi connectivity index (χ0v) is 17.2. The summed E-state index contributed by atoms with van der Waals surface area (Å²) in [6.45, 7) is 9.57. The van der Waals surface area contributed by atoms with E-state index in [4.69, 9.17) is 6.57 Å². The average molecular weight is 434 g/mol. The average Bonchev–Trinajstić information content (AvgIpc) is 2.66. The molecule has 1 aromatic carbocycles. The number of aromatic nitrogens is 1. The van der Waals surface area contributed by atoms with Gasteiger partial charge in [0.2, 0.25) is 0 Å². The van der Waals surface area contributed by atoms with Crippen LogP contribution in [0.2, 0.25) is 0 Å². The van der Waals surface area contributed by atoms with Gasteiger partial charge in [0.1, 0.15) is 12.0 Å². The van der Waals surface area contributed by atoms with Crippen molar-refractivity contribution in [2.24, 2.45) is 0 Å². The minimum Gasteiger partial charge on any atom is -0.379 e. The van der Waals surface area contributed by atoms with Crippen LogP contribution in [-0.2, 0) is 14.6 Å². The fourth-order valence-electron chi connectivity index (χ4n) is 2.55. The standard InChI is InChI=1S/C19H19FN4O5S/c1-11-7-12(9-23-16(11)21-3)24-18(26)19(2,27)10-30(28,29)13-5-6-14(15(20)8-13)17(25)22-4/h5-9,27H,10H2,1-2,4H3,(H,22,25)(H,24,26). The molecule has 0 aliphatic carbocycles. The van der Waals surface area contributed by atoms with Gasteiger partial charge in [-0.1, -0.05) is 6.57 Å². The molecule has 0 fully saturated rings. The van der Waals surface area contributed by atoms with Gasteiger partial charge in [0.05, 0.1) is 21.9 Å². The van der Waals surface area contributed by atoms with E-state index < -0.39 is 43.7 Å². The highest BCUT2D eigenvalue weighted by Gasteiger charge is 2.37. The van der Waals surface area contributed by atoms with Gasteiger partial charge in [0.15, 0.2) is 15.4 Å². The Hall–Kier alpha value is -3.36. The molecule has 0 aliphatic heterocycles. The van der Waals surface area contributed by atoms with Crippen LogP contribution in [0.25, 0.3) is 4.85 Å². The van der Waals surface area contributed by atoms with Gasteiger partial charge in [-0.2, -0.15) is 0 Å². The van der Waals surface area contributed by atoms with Crippen molar-refractivity contribution in [2.75, 3.05) is 18.1 Å². The predicted octanol–water partition coefficient (Wildman–Crippen LogP) is 1.60.